The van der Waals surface area contributed by atoms with Crippen molar-refractivity contribution in [2.75, 3.05) is 20.3 Å². The molecule has 274 valence electrons. The number of amides is 2. The predicted octanol–water partition coefficient (Wildman–Crippen LogP) is 7.84. The van der Waals surface area contributed by atoms with Crippen molar-refractivity contribution in [1.29, 1.82) is 0 Å². The molecule has 1 N–H and O–H groups in total. The van der Waals surface area contributed by atoms with E-state index in [2.05, 4.69) is 29.8 Å². The van der Waals surface area contributed by atoms with Crippen LogP contribution in [0.5, 0.6) is 0 Å². The largest absolute Gasteiger partial charge is 0.396 e. The fourth-order valence-electron chi connectivity index (χ4n) is 14.0. The third kappa shape index (κ3) is 5.57. The van der Waals surface area contributed by atoms with E-state index in [0.717, 1.165) is 83.1 Å². The maximum absolute atomic E-state index is 15.2. The fraction of sp³-hybridized carbons (Fsp3) is 0.902. The van der Waals surface area contributed by atoms with Crippen LogP contribution in [-0.4, -0.2) is 84.9 Å². The lowest BCUT2D eigenvalue weighted by molar-refractivity contribution is -0.150. The minimum atomic E-state index is -1.90. The summed E-state index contributed by atoms with van der Waals surface area (Å²) < 4.78 is 13.0. The van der Waals surface area contributed by atoms with Gasteiger partial charge in [0.2, 0.25) is 5.91 Å². The molecule has 8 heteroatoms. The van der Waals surface area contributed by atoms with Gasteiger partial charge in [-0.25, -0.2) is 0 Å². The van der Waals surface area contributed by atoms with Crippen molar-refractivity contribution < 1.29 is 24.2 Å². The Morgan fingerprint density at radius 2 is 1.65 bits per heavy atom. The van der Waals surface area contributed by atoms with Crippen LogP contribution in [0.25, 0.3) is 0 Å². The van der Waals surface area contributed by atoms with Crippen LogP contribution in [0.2, 0.25) is 24.2 Å². The molecule has 6 fully saturated rings. The van der Waals surface area contributed by atoms with E-state index in [1.54, 1.807) is 0 Å². The summed E-state index contributed by atoms with van der Waals surface area (Å²) in [4.78, 5) is 33.9. The van der Waals surface area contributed by atoms with E-state index in [-0.39, 0.29) is 30.5 Å². The molecule has 1 spiro atoms. The molecule has 6 unspecified atom stereocenters. The Morgan fingerprint density at radius 1 is 0.918 bits per heavy atom. The van der Waals surface area contributed by atoms with Crippen LogP contribution >= 0.6 is 0 Å². The first-order valence-electron chi connectivity index (χ1n) is 20.9. The number of methoxy groups -OCH3 is 1. The van der Waals surface area contributed by atoms with Gasteiger partial charge in [-0.1, -0.05) is 65.0 Å². The lowest BCUT2D eigenvalue weighted by Crippen LogP contribution is -2.51. The van der Waals surface area contributed by atoms with Gasteiger partial charge in [-0.15, -0.1) is 0 Å². The zero-order valence-corrected chi connectivity index (χ0v) is 32.2. The van der Waals surface area contributed by atoms with Crippen LogP contribution in [0, 0.1) is 29.6 Å². The molecule has 4 saturated carbocycles. The van der Waals surface area contributed by atoms with Gasteiger partial charge < -0.3 is 24.4 Å². The van der Waals surface area contributed by atoms with E-state index in [1.165, 1.54) is 56.2 Å². The topological polar surface area (TPSA) is 79.3 Å². The van der Waals surface area contributed by atoms with Crippen LogP contribution < -0.4 is 0 Å². The van der Waals surface area contributed by atoms with Gasteiger partial charge in [-0.2, -0.15) is 0 Å². The highest BCUT2D eigenvalue weighted by Crippen LogP contribution is 2.62. The number of likely N-dealkylation sites (tertiary alicyclic amines) is 1. The van der Waals surface area contributed by atoms with E-state index in [1.807, 2.05) is 7.11 Å². The zero-order valence-electron chi connectivity index (χ0n) is 31.2. The van der Waals surface area contributed by atoms with Crippen molar-refractivity contribution in [3.05, 3.63) is 11.3 Å². The summed E-state index contributed by atoms with van der Waals surface area (Å²) in [6.07, 6.45) is 21.8. The molecule has 3 heterocycles. The van der Waals surface area contributed by atoms with Crippen molar-refractivity contribution in [3.8, 4) is 0 Å². The molecule has 2 saturated heterocycles. The Bertz CT molecular complexity index is 1290. The molecule has 49 heavy (non-hydrogen) atoms. The second-order valence-electron chi connectivity index (χ2n) is 18.6. The number of rotatable bonds is 8. The fourth-order valence-corrected chi connectivity index (χ4v) is 19.1. The number of hydrogen-bond acceptors (Lipinski definition) is 5. The first kappa shape index (κ1) is 34.8. The molecule has 0 radical (unpaired) electrons. The lowest BCUT2D eigenvalue weighted by Gasteiger charge is -2.45. The summed E-state index contributed by atoms with van der Waals surface area (Å²) in [5.74, 6) is 2.89. The van der Waals surface area contributed by atoms with Crippen molar-refractivity contribution in [1.82, 2.24) is 9.80 Å². The molecule has 8 rings (SSSR count). The molecule has 8 aliphatic rings. The maximum atomic E-state index is 15.2. The highest BCUT2D eigenvalue weighted by molar-refractivity contribution is 6.80. The Labute approximate surface area is 297 Å². The standard InChI is InChI=1S/C41H66N2O5Si/c1-26-38(49(3,4)31-20-18-30(47-2)19-21-31)36(22-23-44)48-41(26)33-15-5-6-16-34(33)42(40(41)46)25-27-10-7-13-29(24-27)43-35-17-9-12-28-11-8-14-32(37(28)35)39(43)45/h26-32,35-38,44H,5-25H2,1-4H3/t26-,27?,28?,29?,30?,31?,32?,35?,36+,37?,38-,41+/m0/s1. The van der Waals surface area contributed by atoms with Crippen molar-refractivity contribution in [2.24, 2.45) is 29.6 Å². The summed E-state index contributed by atoms with van der Waals surface area (Å²) in [5, 5.41) is 10.3. The Balaban J connectivity index is 1.04. The molecular weight excluding hydrogens is 629 g/mol. The number of fused-ring (bicyclic) bond motifs is 1. The van der Waals surface area contributed by atoms with Gasteiger partial charge in [0.15, 0.2) is 5.60 Å². The quantitative estimate of drug-likeness (QED) is 0.262. The second kappa shape index (κ2) is 13.6. The van der Waals surface area contributed by atoms with Crippen LogP contribution in [-0.2, 0) is 19.1 Å². The van der Waals surface area contributed by atoms with Gasteiger partial charge in [-0.05, 0) is 111 Å². The summed E-state index contributed by atoms with van der Waals surface area (Å²) in [7, 11) is -0.0450. The maximum Gasteiger partial charge on any atom is 0.263 e. The second-order valence-corrected chi connectivity index (χ2v) is 23.7. The molecule has 10 atom stereocenters. The Morgan fingerprint density at radius 3 is 2.41 bits per heavy atom. The third-order valence-electron chi connectivity index (χ3n) is 16.2. The normalized spacial score (nSPS) is 44.2. The highest BCUT2D eigenvalue weighted by Gasteiger charge is 2.67. The average Bonchev–Trinajstić information content (AvgIpc) is 3.67. The first-order chi connectivity index (χ1) is 23.7. The number of ether oxygens (including phenoxy) is 2. The Kier molecular flexibility index (Phi) is 9.70. The number of hydrogen-bond donors (Lipinski definition) is 1. The van der Waals surface area contributed by atoms with Crippen LogP contribution in [0.15, 0.2) is 11.3 Å². The lowest BCUT2D eigenvalue weighted by atomic mass is 9.65. The van der Waals surface area contributed by atoms with Crippen LogP contribution in [0.4, 0.5) is 0 Å². The number of aliphatic hydroxyl groups excluding tert-OH is 1. The summed E-state index contributed by atoms with van der Waals surface area (Å²) in [6.45, 7) is 8.38. The predicted molar refractivity (Wildman–Crippen MR) is 194 cm³/mol. The number of allylic oxidation sites excluding steroid dienone is 1. The van der Waals surface area contributed by atoms with E-state index < -0.39 is 13.7 Å². The summed E-state index contributed by atoms with van der Waals surface area (Å²) in [6, 6.07) is 0.807. The van der Waals surface area contributed by atoms with Gasteiger partial charge in [0.1, 0.15) is 0 Å². The van der Waals surface area contributed by atoms with Crippen molar-refractivity contribution >= 4 is 19.9 Å². The van der Waals surface area contributed by atoms with Crippen LogP contribution in [0.3, 0.4) is 0 Å². The Hall–Kier alpha value is -1.22. The van der Waals surface area contributed by atoms with E-state index in [0.29, 0.717) is 53.4 Å². The molecular formula is C41H66N2O5Si. The summed E-state index contributed by atoms with van der Waals surface area (Å²) in [5.41, 5.74) is 2.75. The van der Waals surface area contributed by atoms with Gasteiger partial charge in [0.05, 0.1) is 20.3 Å². The molecule has 0 bridgehead atoms. The number of aliphatic hydroxyl groups is 1. The smallest absolute Gasteiger partial charge is 0.263 e. The minimum Gasteiger partial charge on any atom is -0.396 e. The number of carbonyl (C=O) groups is 2. The molecule has 2 amide bonds. The number of carbonyl (C=O) groups excluding carboxylic acids is 2. The minimum absolute atomic E-state index is 0.0653. The van der Waals surface area contributed by atoms with E-state index in [4.69, 9.17) is 9.47 Å². The van der Waals surface area contributed by atoms with Gasteiger partial charge in [-0.3, -0.25) is 9.59 Å². The number of nitrogens with zero attached hydrogens (tertiary/aromatic N) is 2. The molecule has 5 aliphatic carbocycles. The van der Waals surface area contributed by atoms with E-state index in [9.17, 15) is 9.90 Å². The third-order valence-corrected chi connectivity index (χ3v) is 21.4. The monoisotopic (exact) mass is 694 g/mol. The van der Waals surface area contributed by atoms with Crippen molar-refractivity contribution in [2.45, 2.75) is 183 Å². The zero-order chi connectivity index (χ0) is 34.1. The van der Waals surface area contributed by atoms with Gasteiger partial charge in [0, 0.05) is 49.9 Å². The molecule has 3 aliphatic heterocycles. The average molecular weight is 695 g/mol. The SMILES string of the molecule is COC1CCC([Si](C)(C)[C@@H]2[C@@H](CCO)O[C@]3(C(=O)N(CC4CCCC(N5C(=O)C6CCCC7CCCC5C76)C4)C4=C3CCCC4)[C@H]2C)CC1. The van der Waals surface area contributed by atoms with E-state index >= 15 is 4.79 Å². The van der Waals surface area contributed by atoms with Gasteiger partial charge in [0.25, 0.3) is 5.91 Å². The van der Waals surface area contributed by atoms with Crippen molar-refractivity contribution in [3.63, 3.8) is 0 Å². The van der Waals surface area contributed by atoms with Gasteiger partial charge >= 0.3 is 0 Å². The molecule has 0 aromatic heterocycles. The highest BCUT2D eigenvalue weighted by atomic mass is 28.3. The van der Waals surface area contributed by atoms with Crippen LogP contribution in [0.1, 0.15) is 129 Å². The first-order valence-corrected chi connectivity index (χ1v) is 24.0. The summed E-state index contributed by atoms with van der Waals surface area (Å²) >= 11 is 0. The molecule has 7 nitrogen and oxygen atoms in total. The molecule has 0 aromatic rings. The molecule has 0 aromatic carbocycles.